The van der Waals surface area contributed by atoms with Crippen LogP contribution in [-0.2, 0) is 28.4 Å². The van der Waals surface area contributed by atoms with Gasteiger partial charge >= 0.3 is 0 Å². The number of aliphatic hydroxyl groups excluding tert-OH is 1. The summed E-state index contributed by atoms with van der Waals surface area (Å²) in [6.07, 6.45) is 10.00. The highest BCUT2D eigenvalue weighted by Gasteiger charge is 2.98. The number of aliphatic hydroxyl groups is 1. The van der Waals surface area contributed by atoms with Gasteiger partial charge in [0.05, 0.1) is 6.10 Å². The second-order valence-electron chi connectivity index (χ2n) is 10.7. The molecule has 7 fully saturated rings. The average Bonchev–Trinajstić information content (AvgIpc) is 3.50. The van der Waals surface area contributed by atoms with Crippen LogP contribution >= 0.6 is 0 Å². The number of fused-ring (bicyclic) bond motifs is 6. The maximum absolute atomic E-state index is 9.92. The Morgan fingerprint density at radius 3 is 1.23 bits per heavy atom. The Bertz CT molecular complexity index is 674. The molecule has 0 aromatic carbocycles. The fourth-order valence-electron chi connectivity index (χ4n) is 9.52. The summed E-state index contributed by atoms with van der Waals surface area (Å²) in [6, 6.07) is 0. The minimum atomic E-state index is -0.651. The zero-order chi connectivity index (χ0) is 20.8. The molecule has 6 saturated heterocycles. The van der Waals surface area contributed by atoms with E-state index < -0.39 is 33.6 Å². The zero-order valence-corrected chi connectivity index (χ0v) is 18.5. The molecule has 0 radical (unpaired) electrons. The van der Waals surface area contributed by atoms with Crippen molar-refractivity contribution in [2.45, 2.75) is 110 Å². The molecule has 6 spiro atoms. The van der Waals surface area contributed by atoms with Crippen LogP contribution in [0.15, 0.2) is 0 Å². The topological polar surface area (TPSA) is 78.9 Å². The van der Waals surface area contributed by atoms with Crippen LogP contribution in [0.1, 0.15) is 70.6 Å². The van der Waals surface area contributed by atoms with E-state index >= 15 is 0 Å². The van der Waals surface area contributed by atoms with Gasteiger partial charge in [0.15, 0.2) is 5.60 Å². The summed E-state index contributed by atoms with van der Waals surface area (Å²) < 4.78 is 41.4. The van der Waals surface area contributed by atoms with Crippen LogP contribution in [0.3, 0.4) is 0 Å². The molecule has 1 N–H and O–H groups in total. The SMILES string of the molecule is OCC[C@@H]1OC12[C@@]1(CCCO1)[C@]1(CCCO1)C1(CCCO1)[C@]1(CCCO1)[C@@]21CCCO1. The van der Waals surface area contributed by atoms with Gasteiger partial charge in [0.25, 0.3) is 0 Å². The first kappa shape index (κ1) is 20.1. The Hall–Kier alpha value is -0.280. The molecule has 7 rings (SSSR count). The summed E-state index contributed by atoms with van der Waals surface area (Å²) in [4.78, 5) is 0. The van der Waals surface area contributed by atoms with E-state index in [4.69, 9.17) is 28.4 Å². The van der Waals surface area contributed by atoms with Crippen LogP contribution in [0.4, 0.5) is 0 Å². The molecule has 2 unspecified atom stereocenters. The lowest BCUT2D eigenvalue weighted by Crippen LogP contribution is -2.92. The maximum atomic E-state index is 9.92. The van der Waals surface area contributed by atoms with Gasteiger partial charge in [-0.25, -0.2) is 0 Å². The van der Waals surface area contributed by atoms with Gasteiger partial charge in [-0.15, -0.1) is 0 Å². The second-order valence-corrected chi connectivity index (χ2v) is 10.7. The summed E-state index contributed by atoms with van der Waals surface area (Å²) >= 11 is 0. The van der Waals surface area contributed by atoms with Gasteiger partial charge < -0.3 is 33.5 Å². The number of hydrogen-bond acceptors (Lipinski definition) is 7. The van der Waals surface area contributed by atoms with Crippen molar-refractivity contribution in [2.24, 2.45) is 0 Å². The molecule has 7 heteroatoms. The van der Waals surface area contributed by atoms with Crippen LogP contribution in [-0.4, -0.2) is 84.5 Å². The van der Waals surface area contributed by atoms with E-state index in [1.165, 1.54) is 0 Å². The molecule has 31 heavy (non-hydrogen) atoms. The largest absolute Gasteiger partial charge is 0.396 e. The minimum Gasteiger partial charge on any atom is -0.396 e. The Morgan fingerprint density at radius 1 is 0.548 bits per heavy atom. The Kier molecular flexibility index (Phi) is 4.18. The molecule has 7 nitrogen and oxygen atoms in total. The highest BCUT2D eigenvalue weighted by Crippen LogP contribution is 2.79. The zero-order valence-electron chi connectivity index (χ0n) is 18.5. The molecule has 0 amide bonds. The van der Waals surface area contributed by atoms with Crippen LogP contribution in [0, 0.1) is 0 Å². The van der Waals surface area contributed by atoms with E-state index in [0.717, 1.165) is 84.0 Å². The molecule has 174 valence electrons. The van der Waals surface area contributed by atoms with Crippen molar-refractivity contribution < 1.29 is 33.5 Å². The first-order valence-corrected chi connectivity index (χ1v) is 12.7. The van der Waals surface area contributed by atoms with Gasteiger partial charge in [0.1, 0.15) is 28.0 Å². The van der Waals surface area contributed by atoms with E-state index in [9.17, 15) is 5.11 Å². The summed E-state index contributed by atoms with van der Waals surface area (Å²) in [5.74, 6) is 0. The Morgan fingerprint density at radius 2 is 0.903 bits per heavy atom. The fraction of sp³-hybridized carbons (Fsp3) is 1.00. The van der Waals surface area contributed by atoms with Gasteiger partial charge in [0.2, 0.25) is 0 Å². The summed E-state index contributed by atoms with van der Waals surface area (Å²) in [5, 5.41) is 9.92. The van der Waals surface area contributed by atoms with Gasteiger partial charge in [-0.2, -0.15) is 0 Å². The molecule has 6 aliphatic heterocycles. The fourth-order valence-corrected chi connectivity index (χ4v) is 9.52. The standard InChI is InChI=1S/C24H36O7/c25-12-6-18-24(31-18)22(10-4-16-29-22)20(8-2-14-27-20)19(7-1-13-26-19)21(9-3-15-28-21)23(24)11-5-17-30-23/h18,25H,1-17H2/t18-,19?,20-,21+,22+,23-,24?/m0/s1. The minimum absolute atomic E-state index is 0.0991. The van der Waals surface area contributed by atoms with Gasteiger partial charge in [0, 0.05) is 39.6 Å². The molecular weight excluding hydrogens is 400 g/mol. The lowest BCUT2D eigenvalue weighted by atomic mass is 9.42. The van der Waals surface area contributed by atoms with Crippen molar-refractivity contribution >= 4 is 0 Å². The van der Waals surface area contributed by atoms with Crippen molar-refractivity contribution in [2.75, 3.05) is 39.6 Å². The predicted octanol–water partition coefficient (Wildman–Crippen LogP) is 2.27. The van der Waals surface area contributed by atoms with E-state index in [1.807, 2.05) is 0 Å². The molecule has 7 aliphatic rings. The van der Waals surface area contributed by atoms with Crippen molar-refractivity contribution in [1.29, 1.82) is 0 Å². The number of rotatable bonds is 2. The Labute approximate surface area is 184 Å². The van der Waals surface area contributed by atoms with Crippen LogP contribution in [0.25, 0.3) is 0 Å². The average molecular weight is 437 g/mol. The Balaban J connectivity index is 1.55. The van der Waals surface area contributed by atoms with E-state index in [-0.39, 0.29) is 12.7 Å². The highest BCUT2D eigenvalue weighted by molar-refractivity contribution is 5.47. The molecule has 0 bridgehead atoms. The predicted molar refractivity (Wildman–Crippen MR) is 109 cm³/mol. The van der Waals surface area contributed by atoms with Crippen LogP contribution in [0.5, 0.6) is 0 Å². The van der Waals surface area contributed by atoms with Crippen molar-refractivity contribution in [3.8, 4) is 0 Å². The van der Waals surface area contributed by atoms with Crippen LogP contribution in [0.2, 0.25) is 0 Å². The first-order valence-electron chi connectivity index (χ1n) is 12.7. The molecule has 6 heterocycles. The summed E-state index contributed by atoms with van der Waals surface area (Å²) in [7, 11) is 0. The molecule has 0 aromatic rings. The lowest BCUT2D eigenvalue weighted by Gasteiger charge is -2.71. The van der Waals surface area contributed by atoms with Gasteiger partial charge in [-0.05, 0) is 70.6 Å². The maximum Gasteiger partial charge on any atom is 0.158 e. The third-order valence-electron chi connectivity index (χ3n) is 10.0. The molecule has 1 saturated carbocycles. The monoisotopic (exact) mass is 436 g/mol. The third kappa shape index (κ3) is 1.86. The molecular formula is C24H36O7. The lowest BCUT2D eigenvalue weighted by molar-refractivity contribution is -0.403. The molecule has 7 atom stereocenters. The van der Waals surface area contributed by atoms with E-state index in [0.29, 0.717) is 19.6 Å². The van der Waals surface area contributed by atoms with E-state index in [1.54, 1.807) is 0 Å². The van der Waals surface area contributed by atoms with Gasteiger partial charge in [-0.1, -0.05) is 0 Å². The molecule has 1 aliphatic carbocycles. The highest BCUT2D eigenvalue weighted by atomic mass is 16.7. The smallest absolute Gasteiger partial charge is 0.158 e. The van der Waals surface area contributed by atoms with Crippen molar-refractivity contribution in [1.82, 2.24) is 0 Å². The third-order valence-corrected chi connectivity index (χ3v) is 10.0. The number of ether oxygens (including phenoxy) is 6. The summed E-state index contributed by atoms with van der Waals surface area (Å²) in [5.41, 5.74) is -3.67. The second kappa shape index (κ2) is 6.44. The normalized spacial score (nSPS) is 57.8. The number of epoxide rings is 1. The quantitative estimate of drug-likeness (QED) is 0.665. The van der Waals surface area contributed by atoms with Gasteiger partial charge in [-0.3, -0.25) is 0 Å². The number of hydrogen-bond donors (Lipinski definition) is 1. The first-order chi connectivity index (χ1) is 15.2. The van der Waals surface area contributed by atoms with Crippen molar-refractivity contribution in [3.63, 3.8) is 0 Å². The molecule has 0 aromatic heterocycles. The van der Waals surface area contributed by atoms with E-state index in [2.05, 4.69) is 0 Å². The summed E-state index contributed by atoms with van der Waals surface area (Å²) in [6.45, 7) is 3.70. The van der Waals surface area contributed by atoms with Crippen LogP contribution < -0.4 is 0 Å². The van der Waals surface area contributed by atoms with Crippen molar-refractivity contribution in [3.05, 3.63) is 0 Å².